The average molecular weight is 563 g/mol. The van der Waals surface area contributed by atoms with E-state index in [0.29, 0.717) is 30.2 Å². The summed E-state index contributed by atoms with van der Waals surface area (Å²) in [5.74, 6) is 1.51. The Balaban J connectivity index is 0.00000363. The van der Waals surface area contributed by atoms with E-state index >= 15 is 0 Å². The van der Waals surface area contributed by atoms with Crippen LogP contribution in [0.3, 0.4) is 0 Å². The molecule has 174 valence electrons. The highest BCUT2D eigenvalue weighted by molar-refractivity contribution is 14.0. The van der Waals surface area contributed by atoms with Gasteiger partial charge < -0.3 is 24.6 Å². The molecule has 0 radical (unpaired) electrons. The van der Waals surface area contributed by atoms with Gasteiger partial charge in [0.25, 0.3) is 0 Å². The Hall–Kier alpha value is -2.47. The summed E-state index contributed by atoms with van der Waals surface area (Å²) in [6, 6.07) is 12.0. The maximum Gasteiger partial charge on any atom is 0.416 e. The second kappa shape index (κ2) is 11.4. The van der Waals surface area contributed by atoms with Gasteiger partial charge in [-0.1, -0.05) is 12.1 Å². The van der Waals surface area contributed by atoms with Gasteiger partial charge in [-0.05, 0) is 48.9 Å². The van der Waals surface area contributed by atoms with E-state index in [-0.39, 0.29) is 37.1 Å². The molecule has 2 heterocycles. The molecule has 0 aliphatic carbocycles. The monoisotopic (exact) mass is 563 g/mol. The fourth-order valence-corrected chi connectivity index (χ4v) is 2.88. The molecule has 0 bridgehead atoms. The van der Waals surface area contributed by atoms with Gasteiger partial charge in [-0.15, -0.1) is 24.0 Å². The van der Waals surface area contributed by atoms with Gasteiger partial charge in [-0.2, -0.15) is 13.2 Å². The zero-order chi connectivity index (χ0) is 22.3. The molecule has 3 N–H and O–H groups in total. The van der Waals surface area contributed by atoms with Crippen molar-refractivity contribution in [1.29, 1.82) is 0 Å². The average Bonchev–Trinajstić information content (AvgIpc) is 3.43. The molecule has 0 fully saturated rings. The topological polar surface area (TPSA) is 82.9 Å². The molecule has 2 aromatic heterocycles. The Labute approximate surface area is 200 Å². The number of hydrogen-bond donors (Lipinski definition) is 3. The van der Waals surface area contributed by atoms with Crippen LogP contribution in [0.2, 0.25) is 0 Å². The highest BCUT2D eigenvalue weighted by Gasteiger charge is 2.30. The third kappa shape index (κ3) is 7.59. The lowest BCUT2D eigenvalue weighted by Gasteiger charge is -2.23. The molecule has 3 rings (SSSR count). The first-order valence-electron chi connectivity index (χ1n) is 9.71. The Morgan fingerprint density at radius 2 is 1.78 bits per heavy atom. The second-order valence-electron chi connectivity index (χ2n) is 7.22. The van der Waals surface area contributed by atoms with E-state index in [1.54, 1.807) is 37.5 Å². The van der Waals surface area contributed by atoms with E-state index < -0.39 is 17.3 Å². The predicted octanol–water partition coefficient (Wildman–Crippen LogP) is 4.70. The molecular weight excluding hydrogens is 538 g/mol. The Morgan fingerprint density at radius 3 is 2.44 bits per heavy atom. The molecule has 1 aromatic carbocycles. The molecule has 0 saturated carbocycles. The van der Waals surface area contributed by atoms with E-state index in [1.165, 1.54) is 12.3 Å². The molecule has 6 nitrogen and oxygen atoms in total. The van der Waals surface area contributed by atoms with Gasteiger partial charge in [0, 0.05) is 13.0 Å². The van der Waals surface area contributed by atoms with Gasteiger partial charge in [0.2, 0.25) is 0 Å². The number of aliphatic hydroxyl groups is 1. The van der Waals surface area contributed by atoms with Crippen molar-refractivity contribution in [3.05, 3.63) is 83.7 Å². The van der Waals surface area contributed by atoms with Gasteiger partial charge in [-0.25, -0.2) is 4.99 Å². The Bertz CT molecular complexity index is 972. The van der Waals surface area contributed by atoms with Crippen molar-refractivity contribution in [2.45, 2.75) is 31.7 Å². The van der Waals surface area contributed by atoms with Gasteiger partial charge in [-0.3, -0.25) is 0 Å². The SMILES string of the molecule is CC(O)(CNC(=NCc1cccc(C(F)(F)F)c1)NCCc1ccco1)c1ccco1.I. The third-order valence-corrected chi connectivity index (χ3v) is 4.57. The van der Waals surface area contributed by atoms with Crippen molar-refractivity contribution >= 4 is 29.9 Å². The van der Waals surface area contributed by atoms with E-state index in [4.69, 9.17) is 8.83 Å². The molecule has 0 aliphatic rings. The zero-order valence-electron chi connectivity index (χ0n) is 17.4. The normalized spacial score (nSPS) is 13.8. The van der Waals surface area contributed by atoms with Crippen LogP contribution in [0.4, 0.5) is 13.2 Å². The van der Waals surface area contributed by atoms with Crippen LogP contribution in [-0.2, 0) is 24.7 Å². The minimum absolute atomic E-state index is 0. The molecular formula is C22H25F3IN3O3. The summed E-state index contributed by atoms with van der Waals surface area (Å²) in [5, 5.41) is 16.8. The number of alkyl halides is 3. The van der Waals surface area contributed by atoms with Crippen molar-refractivity contribution < 1.29 is 27.1 Å². The van der Waals surface area contributed by atoms with Crippen LogP contribution >= 0.6 is 24.0 Å². The summed E-state index contributed by atoms with van der Waals surface area (Å²) < 4.78 is 49.4. The molecule has 32 heavy (non-hydrogen) atoms. The molecule has 1 atom stereocenters. The zero-order valence-corrected chi connectivity index (χ0v) is 19.7. The lowest BCUT2D eigenvalue weighted by molar-refractivity contribution is -0.137. The van der Waals surface area contributed by atoms with Crippen molar-refractivity contribution in [1.82, 2.24) is 10.6 Å². The standard InChI is InChI=1S/C22H24F3N3O3.HI/c1-21(29,19-8-4-12-31-19)15-28-20(26-10-9-18-7-3-11-30-18)27-14-16-5-2-6-17(13-16)22(23,24)25;/h2-8,11-13,29H,9-10,14-15H2,1H3,(H2,26,27,28);1H. The van der Waals surface area contributed by atoms with Crippen LogP contribution in [0.15, 0.2) is 74.9 Å². The maximum atomic E-state index is 12.9. The fourth-order valence-electron chi connectivity index (χ4n) is 2.88. The number of nitrogens with zero attached hydrogens (tertiary/aromatic N) is 1. The lowest BCUT2D eigenvalue weighted by Crippen LogP contribution is -2.45. The summed E-state index contributed by atoms with van der Waals surface area (Å²) in [7, 11) is 0. The Morgan fingerprint density at radius 1 is 1.03 bits per heavy atom. The molecule has 0 amide bonds. The number of aliphatic imine (C=N–C) groups is 1. The first kappa shape index (κ1) is 25.8. The van der Waals surface area contributed by atoms with Crippen molar-refractivity contribution in [2.75, 3.05) is 13.1 Å². The lowest BCUT2D eigenvalue weighted by atomic mass is 10.0. The molecule has 3 aromatic rings. The second-order valence-corrected chi connectivity index (χ2v) is 7.22. The van der Waals surface area contributed by atoms with Crippen LogP contribution in [0.5, 0.6) is 0 Å². The van der Waals surface area contributed by atoms with Gasteiger partial charge in [0.15, 0.2) is 5.96 Å². The van der Waals surface area contributed by atoms with E-state index in [1.807, 2.05) is 6.07 Å². The van der Waals surface area contributed by atoms with Crippen LogP contribution < -0.4 is 10.6 Å². The highest BCUT2D eigenvalue weighted by Crippen LogP contribution is 2.29. The number of rotatable bonds is 8. The van der Waals surface area contributed by atoms with E-state index in [2.05, 4.69) is 15.6 Å². The van der Waals surface area contributed by atoms with Crippen LogP contribution in [0.1, 0.15) is 29.6 Å². The smallest absolute Gasteiger partial charge is 0.416 e. The predicted molar refractivity (Wildman–Crippen MR) is 125 cm³/mol. The molecule has 10 heteroatoms. The minimum atomic E-state index is -4.41. The number of nitrogens with one attached hydrogen (secondary N) is 2. The fraction of sp³-hybridized carbons (Fsp3) is 0.318. The summed E-state index contributed by atoms with van der Waals surface area (Å²) in [6.45, 7) is 2.18. The van der Waals surface area contributed by atoms with Gasteiger partial charge in [0.05, 0.1) is 31.2 Å². The van der Waals surface area contributed by atoms with Gasteiger partial charge in [0.1, 0.15) is 17.1 Å². The highest BCUT2D eigenvalue weighted by atomic mass is 127. The van der Waals surface area contributed by atoms with Gasteiger partial charge >= 0.3 is 6.18 Å². The number of benzene rings is 1. The van der Waals surface area contributed by atoms with Crippen molar-refractivity contribution in [3.8, 4) is 0 Å². The summed E-state index contributed by atoms with van der Waals surface area (Å²) in [4.78, 5) is 4.38. The minimum Gasteiger partial charge on any atom is -0.469 e. The number of guanidine groups is 1. The van der Waals surface area contributed by atoms with Crippen molar-refractivity contribution in [2.24, 2.45) is 4.99 Å². The summed E-state index contributed by atoms with van der Waals surface area (Å²) >= 11 is 0. The first-order chi connectivity index (χ1) is 14.7. The number of hydrogen-bond acceptors (Lipinski definition) is 4. The maximum absolute atomic E-state index is 12.9. The quantitative estimate of drug-likeness (QED) is 0.211. The summed E-state index contributed by atoms with van der Waals surface area (Å²) in [6.07, 6.45) is -0.777. The molecule has 1 unspecified atom stereocenters. The van der Waals surface area contributed by atoms with Crippen LogP contribution in [-0.4, -0.2) is 24.2 Å². The number of furan rings is 2. The van der Waals surface area contributed by atoms with Crippen LogP contribution in [0, 0.1) is 0 Å². The molecule has 0 saturated heterocycles. The first-order valence-corrected chi connectivity index (χ1v) is 9.71. The molecule has 0 spiro atoms. The largest absolute Gasteiger partial charge is 0.469 e. The van der Waals surface area contributed by atoms with Crippen LogP contribution in [0.25, 0.3) is 0 Å². The summed E-state index contributed by atoms with van der Waals surface area (Å²) in [5.41, 5.74) is -1.61. The number of halogens is 4. The third-order valence-electron chi connectivity index (χ3n) is 4.57. The van der Waals surface area contributed by atoms with Crippen molar-refractivity contribution in [3.63, 3.8) is 0 Å². The van der Waals surface area contributed by atoms with E-state index in [0.717, 1.165) is 17.9 Å². The molecule has 0 aliphatic heterocycles. The van der Waals surface area contributed by atoms with E-state index in [9.17, 15) is 18.3 Å². The Kier molecular flexibility index (Phi) is 9.20.